The molecule has 0 radical (unpaired) electrons. The molecular formula is C9H6ClFO. The molecule has 0 amide bonds. The molecule has 1 aromatic rings. The van der Waals surface area contributed by atoms with Gasteiger partial charge in [-0.15, -0.1) is 0 Å². The molecule has 0 saturated heterocycles. The molecule has 0 aliphatic carbocycles. The van der Waals surface area contributed by atoms with Gasteiger partial charge < -0.3 is 0 Å². The predicted octanol–water partition coefficient (Wildman–Crippen LogP) is 2.69. The normalized spacial score (nSPS) is 10.5. The third kappa shape index (κ3) is 2.17. The summed E-state index contributed by atoms with van der Waals surface area (Å²) < 4.78 is 12.6. The minimum atomic E-state index is -0.370. The Morgan fingerprint density at radius 3 is 2.83 bits per heavy atom. The number of rotatable bonds is 2. The molecule has 0 aliphatic heterocycles. The van der Waals surface area contributed by atoms with Crippen molar-refractivity contribution < 1.29 is 9.18 Å². The molecule has 0 fully saturated rings. The molecule has 0 saturated carbocycles. The maximum absolute atomic E-state index is 12.6. The molecule has 1 rings (SSSR count). The molecule has 0 aromatic heterocycles. The van der Waals surface area contributed by atoms with Crippen LogP contribution in [-0.2, 0) is 4.79 Å². The van der Waals surface area contributed by atoms with Crippen molar-refractivity contribution in [1.82, 2.24) is 0 Å². The molecule has 0 unspecified atom stereocenters. The van der Waals surface area contributed by atoms with Crippen molar-refractivity contribution in [2.24, 2.45) is 0 Å². The second kappa shape index (κ2) is 4.02. The number of carbonyl (C=O) groups is 1. The molecule has 12 heavy (non-hydrogen) atoms. The SMILES string of the molecule is O=C/C=C/c1cc(F)ccc1Cl. The van der Waals surface area contributed by atoms with Gasteiger partial charge >= 0.3 is 0 Å². The Kier molecular flexibility index (Phi) is 3.00. The third-order valence-electron chi connectivity index (χ3n) is 1.31. The van der Waals surface area contributed by atoms with E-state index in [1.807, 2.05) is 0 Å². The number of allylic oxidation sites excluding steroid dienone is 1. The first-order chi connectivity index (χ1) is 5.74. The molecule has 3 heteroatoms. The van der Waals surface area contributed by atoms with E-state index in [9.17, 15) is 9.18 Å². The summed E-state index contributed by atoms with van der Waals surface area (Å²) in [6, 6.07) is 3.98. The average Bonchev–Trinajstić information content (AvgIpc) is 2.07. The highest BCUT2D eigenvalue weighted by molar-refractivity contribution is 6.32. The van der Waals surface area contributed by atoms with Crippen molar-refractivity contribution in [2.75, 3.05) is 0 Å². The van der Waals surface area contributed by atoms with Crippen LogP contribution in [0, 0.1) is 5.82 Å². The highest BCUT2D eigenvalue weighted by Gasteiger charge is 1.97. The van der Waals surface area contributed by atoms with Gasteiger partial charge in [-0.1, -0.05) is 17.7 Å². The first-order valence-corrected chi connectivity index (χ1v) is 3.69. The van der Waals surface area contributed by atoms with Gasteiger partial charge in [-0.2, -0.15) is 0 Å². The van der Waals surface area contributed by atoms with E-state index in [0.717, 1.165) is 0 Å². The number of halogens is 2. The Morgan fingerprint density at radius 2 is 2.17 bits per heavy atom. The average molecular weight is 185 g/mol. The summed E-state index contributed by atoms with van der Waals surface area (Å²) in [6.07, 6.45) is 3.33. The summed E-state index contributed by atoms with van der Waals surface area (Å²) in [4.78, 5) is 9.95. The van der Waals surface area contributed by atoms with Crippen LogP contribution in [0.2, 0.25) is 5.02 Å². The van der Waals surface area contributed by atoms with Crippen LogP contribution < -0.4 is 0 Å². The smallest absolute Gasteiger partial charge is 0.142 e. The highest BCUT2D eigenvalue weighted by atomic mass is 35.5. The second-order valence-corrected chi connectivity index (χ2v) is 2.57. The van der Waals surface area contributed by atoms with Crippen molar-refractivity contribution >= 4 is 24.0 Å². The van der Waals surface area contributed by atoms with Gasteiger partial charge in [0.05, 0.1) is 0 Å². The van der Waals surface area contributed by atoms with E-state index in [1.165, 1.54) is 30.4 Å². The standard InChI is InChI=1S/C9H6ClFO/c10-9-4-3-8(11)6-7(9)2-1-5-12/h1-6H/b2-1+. The van der Waals surface area contributed by atoms with Gasteiger partial charge in [-0.05, 0) is 29.8 Å². The molecule has 0 bridgehead atoms. The minimum Gasteiger partial charge on any atom is -0.299 e. The summed E-state index contributed by atoms with van der Waals surface area (Å²) in [7, 11) is 0. The fraction of sp³-hybridized carbons (Fsp3) is 0. The monoisotopic (exact) mass is 184 g/mol. The molecule has 0 heterocycles. The first kappa shape index (κ1) is 8.94. The summed E-state index contributed by atoms with van der Waals surface area (Å²) in [5.74, 6) is -0.370. The van der Waals surface area contributed by atoms with Crippen LogP contribution in [0.3, 0.4) is 0 Å². The van der Waals surface area contributed by atoms with Gasteiger partial charge in [0, 0.05) is 5.02 Å². The number of benzene rings is 1. The number of hydrogen-bond donors (Lipinski definition) is 0. The summed E-state index contributed by atoms with van der Waals surface area (Å²) in [5, 5.41) is 0.425. The van der Waals surface area contributed by atoms with E-state index in [4.69, 9.17) is 11.6 Å². The van der Waals surface area contributed by atoms with Crippen LogP contribution in [0.15, 0.2) is 24.3 Å². The lowest BCUT2D eigenvalue weighted by Gasteiger charge is -1.96. The van der Waals surface area contributed by atoms with E-state index in [2.05, 4.69) is 0 Å². The van der Waals surface area contributed by atoms with E-state index in [-0.39, 0.29) is 5.82 Å². The Labute approximate surface area is 74.5 Å². The van der Waals surface area contributed by atoms with Gasteiger partial charge in [-0.25, -0.2) is 4.39 Å². The molecular weight excluding hydrogens is 179 g/mol. The van der Waals surface area contributed by atoms with E-state index >= 15 is 0 Å². The number of aldehydes is 1. The quantitative estimate of drug-likeness (QED) is 0.510. The number of carbonyl (C=O) groups excluding carboxylic acids is 1. The molecule has 1 nitrogen and oxygen atoms in total. The molecule has 1 aromatic carbocycles. The molecule has 0 aliphatic rings. The number of hydrogen-bond acceptors (Lipinski definition) is 1. The minimum absolute atomic E-state index is 0.370. The van der Waals surface area contributed by atoms with E-state index in [0.29, 0.717) is 16.9 Å². The van der Waals surface area contributed by atoms with Crippen LogP contribution in [0.1, 0.15) is 5.56 Å². The van der Waals surface area contributed by atoms with Gasteiger partial charge in [0.15, 0.2) is 0 Å². The van der Waals surface area contributed by atoms with Gasteiger partial charge in [-0.3, -0.25) is 4.79 Å². The molecule has 0 spiro atoms. The maximum atomic E-state index is 12.6. The van der Waals surface area contributed by atoms with Crippen LogP contribution in [0.25, 0.3) is 6.08 Å². The second-order valence-electron chi connectivity index (χ2n) is 2.16. The zero-order chi connectivity index (χ0) is 8.97. The van der Waals surface area contributed by atoms with Crippen molar-refractivity contribution in [3.8, 4) is 0 Å². The zero-order valence-corrected chi connectivity index (χ0v) is 6.88. The van der Waals surface area contributed by atoms with Gasteiger partial charge in [0.1, 0.15) is 12.1 Å². The Morgan fingerprint density at radius 1 is 1.42 bits per heavy atom. The Bertz CT molecular complexity index is 320. The first-order valence-electron chi connectivity index (χ1n) is 3.31. The van der Waals surface area contributed by atoms with Gasteiger partial charge in [0.2, 0.25) is 0 Å². The highest BCUT2D eigenvalue weighted by Crippen LogP contribution is 2.17. The molecule has 62 valence electrons. The lowest BCUT2D eigenvalue weighted by molar-refractivity contribution is -0.104. The predicted molar refractivity (Wildman–Crippen MR) is 46.5 cm³/mol. The zero-order valence-electron chi connectivity index (χ0n) is 6.13. The summed E-state index contributed by atoms with van der Waals surface area (Å²) in [5.41, 5.74) is 0.503. The van der Waals surface area contributed by atoms with Crippen LogP contribution >= 0.6 is 11.6 Å². The summed E-state index contributed by atoms with van der Waals surface area (Å²) >= 11 is 5.70. The van der Waals surface area contributed by atoms with Crippen molar-refractivity contribution in [3.05, 3.63) is 40.7 Å². The van der Waals surface area contributed by atoms with E-state index < -0.39 is 0 Å². The van der Waals surface area contributed by atoms with Crippen molar-refractivity contribution in [2.45, 2.75) is 0 Å². The lowest BCUT2D eigenvalue weighted by atomic mass is 10.2. The van der Waals surface area contributed by atoms with E-state index in [1.54, 1.807) is 0 Å². The fourth-order valence-corrected chi connectivity index (χ4v) is 0.966. The lowest BCUT2D eigenvalue weighted by Crippen LogP contribution is -1.78. The van der Waals surface area contributed by atoms with Crippen LogP contribution in [0.5, 0.6) is 0 Å². The fourth-order valence-electron chi connectivity index (χ4n) is 0.785. The third-order valence-corrected chi connectivity index (χ3v) is 1.66. The maximum Gasteiger partial charge on any atom is 0.142 e. The van der Waals surface area contributed by atoms with Crippen LogP contribution in [-0.4, -0.2) is 6.29 Å². The molecule has 0 N–H and O–H groups in total. The Balaban J connectivity index is 3.04. The van der Waals surface area contributed by atoms with Gasteiger partial charge in [0.25, 0.3) is 0 Å². The molecule has 0 atom stereocenters. The van der Waals surface area contributed by atoms with Crippen LogP contribution in [0.4, 0.5) is 4.39 Å². The summed E-state index contributed by atoms with van der Waals surface area (Å²) in [6.45, 7) is 0. The topological polar surface area (TPSA) is 17.1 Å². The van der Waals surface area contributed by atoms with Crippen molar-refractivity contribution in [3.63, 3.8) is 0 Å². The largest absolute Gasteiger partial charge is 0.299 e. The van der Waals surface area contributed by atoms with Crippen molar-refractivity contribution in [1.29, 1.82) is 0 Å². The Hall–Kier alpha value is -1.15.